The van der Waals surface area contributed by atoms with Crippen molar-refractivity contribution in [1.29, 1.82) is 0 Å². The van der Waals surface area contributed by atoms with Gasteiger partial charge < -0.3 is 9.80 Å². The quantitative estimate of drug-likeness (QED) is 0.809. The van der Waals surface area contributed by atoms with Crippen LogP contribution in [0.5, 0.6) is 0 Å². The number of likely N-dealkylation sites (N-methyl/N-ethyl adjacent to an activating group) is 1. The summed E-state index contributed by atoms with van der Waals surface area (Å²) in [6, 6.07) is 8.71. The topological polar surface area (TPSA) is 19.4 Å². The van der Waals surface area contributed by atoms with Gasteiger partial charge in [0.15, 0.2) is 0 Å². The summed E-state index contributed by atoms with van der Waals surface area (Å²) in [4.78, 5) is 11.2. The summed E-state index contributed by atoms with van der Waals surface area (Å²) in [6.07, 6.45) is 2.12. The molecule has 0 atom stereocenters. The Balaban J connectivity index is 1.97. The molecule has 1 aromatic carbocycles. The number of pyridine rings is 1. The number of piperazine rings is 1. The summed E-state index contributed by atoms with van der Waals surface area (Å²) in [5.74, 6) is 1.14. The van der Waals surface area contributed by atoms with Crippen molar-refractivity contribution in [3.63, 3.8) is 0 Å². The van der Waals surface area contributed by atoms with Gasteiger partial charge in [0.25, 0.3) is 0 Å². The molecule has 0 radical (unpaired) electrons. The molecular formula is C17H23N3S. The van der Waals surface area contributed by atoms with Crippen LogP contribution in [0.1, 0.15) is 12.5 Å². The lowest BCUT2D eigenvalue weighted by molar-refractivity contribution is 0.270. The lowest BCUT2D eigenvalue weighted by Crippen LogP contribution is -2.46. The van der Waals surface area contributed by atoms with E-state index in [2.05, 4.69) is 54.2 Å². The molecule has 112 valence electrons. The lowest BCUT2D eigenvalue weighted by Gasteiger charge is -2.35. The van der Waals surface area contributed by atoms with Crippen molar-refractivity contribution >= 4 is 28.5 Å². The number of fused-ring (bicyclic) bond motifs is 1. The third-order valence-electron chi connectivity index (χ3n) is 4.36. The second-order valence-electron chi connectivity index (χ2n) is 5.58. The summed E-state index contributed by atoms with van der Waals surface area (Å²) in [6.45, 7) is 10.0. The SMILES string of the molecule is CCN1CCN(c2cc(C)c3cccc(SC)c3n2)CC1. The zero-order chi connectivity index (χ0) is 14.8. The normalized spacial score (nSPS) is 16.6. The predicted octanol–water partition coefficient (Wildman–Crippen LogP) is 3.41. The Bertz CT molecular complexity index is 633. The van der Waals surface area contributed by atoms with Gasteiger partial charge in [-0.15, -0.1) is 11.8 Å². The summed E-state index contributed by atoms with van der Waals surface area (Å²) in [5.41, 5.74) is 2.47. The molecule has 0 bridgehead atoms. The highest BCUT2D eigenvalue weighted by Gasteiger charge is 2.18. The molecule has 3 rings (SSSR count). The van der Waals surface area contributed by atoms with Crippen molar-refractivity contribution < 1.29 is 0 Å². The summed E-state index contributed by atoms with van der Waals surface area (Å²) in [7, 11) is 0. The van der Waals surface area contributed by atoms with E-state index in [9.17, 15) is 0 Å². The van der Waals surface area contributed by atoms with Crippen LogP contribution in [0.15, 0.2) is 29.2 Å². The molecule has 1 aliphatic heterocycles. The third kappa shape index (κ3) is 2.87. The van der Waals surface area contributed by atoms with Gasteiger partial charge in [-0.25, -0.2) is 4.98 Å². The maximum absolute atomic E-state index is 4.97. The summed E-state index contributed by atoms with van der Waals surface area (Å²) < 4.78 is 0. The van der Waals surface area contributed by atoms with Crippen molar-refractivity contribution in [3.8, 4) is 0 Å². The molecule has 2 heterocycles. The maximum atomic E-state index is 4.97. The van der Waals surface area contributed by atoms with E-state index in [4.69, 9.17) is 4.98 Å². The summed E-state index contributed by atoms with van der Waals surface area (Å²) >= 11 is 1.78. The molecule has 3 nitrogen and oxygen atoms in total. The Labute approximate surface area is 131 Å². The maximum Gasteiger partial charge on any atom is 0.129 e. The number of anilines is 1. The fourth-order valence-corrected chi connectivity index (χ4v) is 3.56. The Morgan fingerprint density at radius 2 is 1.95 bits per heavy atom. The van der Waals surface area contributed by atoms with Gasteiger partial charge in [0.1, 0.15) is 5.82 Å². The molecule has 2 aromatic rings. The smallest absolute Gasteiger partial charge is 0.129 e. The van der Waals surface area contributed by atoms with Gasteiger partial charge in [-0.2, -0.15) is 0 Å². The minimum atomic E-state index is 1.08. The number of aryl methyl sites for hydroxylation is 1. The van der Waals surface area contributed by atoms with Crippen LogP contribution in [-0.2, 0) is 0 Å². The minimum Gasteiger partial charge on any atom is -0.354 e. The number of thioether (sulfide) groups is 1. The highest BCUT2D eigenvalue weighted by atomic mass is 32.2. The van der Waals surface area contributed by atoms with Gasteiger partial charge >= 0.3 is 0 Å². The highest BCUT2D eigenvalue weighted by Crippen LogP contribution is 2.29. The largest absolute Gasteiger partial charge is 0.354 e. The van der Waals surface area contributed by atoms with E-state index in [1.54, 1.807) is 11.8 Å². The minimum absolute atomic E-state index is 1.08. The molecule has 1 aromatic heterocycles. The van der Waals surface area contributed by atoms with Gasteiger partial charge in [0.2, 0.25) is 0 Å². The van der Waals surface area contributed by atoms with E-state index in [-0.39, 0.29) is 0 Å². The Hall–Kier alpha value is -1.26. The first-order valence-electron chi connectivity index (χ1n) is 7.64. The molecule has 0 saturated carbocycles. The first kappa shape index (κ1) is 14.7. The van der Waals surface area contributed by atoms with Gasteiger partial charge in [-0.3, -0.25) is 0 Å². The van der Waals surface area contributed by atoms with Gasteiger partial charge in [-0.05, 0) is 37.4 Å². The van der Waals surface area contributed by atoms with Crippen LogP contribution < -0.4 is 4.90 Å². The molecule has 1 fully saturated rings. The Morgan fingerprint density at radius 3 is 2.62 bits per heavy atom. The third-order valence-corrected chi connectivity index (χ3v) is 5.13. The van der Waals surface area contributed by atoms with Crippen LogP contribution in [-0.4, -0.2) is 48.9 Å². The predicted molar refractivity (Wildman–Crippen MR) is 92.6 cm³/mol. The zero-order valence-electron chi connectivity index (χ0n) is 13.1. The van der Waals surface area contributed by atoms with E-state index in [1.807, 2.05) is 0 Å². The second kappa shape index (κ2) is 6.24. The average molecular weight is 301 g/mol. The Morgan fingerprint density at radius 1 is 1.19 bits per heavy atom. The molecule has 1 saturated heterocycles. The zero-order valence-corrected chi connectivity index (χ0v) is 13.9. The molecule has 1 aliphatic rings. The van der Waals surface area contributed by atoms with Gasteiger partial charge in [-0.1, -0.05) is 19.1 Å². The van der Waals surface area contributed by atoms with Crippen LogP contribution in [0, 0.1) is 6.92 Å². The molecule has 21 heavy (non-hydrogen) atoms. The molecule has 0 unspecified atom stereocenters. The van der Waals surface area contributed by atoms with Crippen molar-refractivity contribution in [3.05, 3.63) is 29.8 Å². The standard InChI is InChI=1S/C17H23N3S/c1-4-19-8-10-20(11-9-19)16-12-13(2)14-6-5-7-15(21-3)17(14)18-16/h5-7,12H,4,8-11H2,1-3H3. The van der Waals surface area contributed by atoms with E-state index < -0.39 is 0 Å². The molecular weight excluding hydrogens is 278 g/mol. The fourth-order valence-electron chi connectivity index (χ4n) is 2.99. The van der Waals surface area contributed by atoms with Crippen LogP contribution in [0.4, 0.5) is 5.82 Å². The van der Waals surface area contributed by atoms with Gasteiger partial charge in [0, 0.05) is 36.5 Å². The van der Waals surface area contributed by atoms with Crippen LogP contribution >= 0.6 is 11.8 Å². The van der Waals surface area contributed by atoms with Crippen molar-refractivity contribution in [1.82, 2.24) is 9.88 Å². The molecule has 0 aliphatic carbocycles. The molecule has 0 N–H and O–H groups in total. The number of rotatable bonds is 3. The number of benzene rings is 1. The molecule has 4 heteroatoms. The first-order chi connectivity index (χ1) is 10.2. The van der Waals surface area contributed by atoms with Crippen molar-refractivity contribution in [2.24, 2.45) is 0 Å². The summed E-state index contributed by atoms with van der Waals surface area (Å²) in [5, 5.41) is 1.28. The number of hydrogen-bond acceptors (Lipinski definition) is 4. The Kier molecular flexibility index (Phi) is 4.36. The number of aromatic nitrogens is 1. The lowest BCUT2D eigenvalue weighted by atomic mass is 10.1. The van der Waals surface area contributed by atoms with Crippen molar-refractivity contribution in [2.45, 2.75) is 18.7 Å². The van der Waals surface area contributed by atoms with E-state index in [0.717, 1.165) is 44.1 Å². The number of hydrogen-bond donors (Lipinski definition) is 0. The average Bonchev–Trinajstić information content (AvgIpc) is 2.54. The monoisotopic (exact) mass is 301 g/mol. The second-order valence-corrected chi connectivity index (χ2v) is 6.42. The highest BCUT2D eigenvalue weighted by molar-refractivity contribution is 7.98. The fraction of sp³-hybridized carbons (Fsp3) is 0.471. The van der Waals surface area contributed by atoms with E-state index in [0.29, 0.717) is 0 Å². The first-order valence-corrected chi connectivity index (χ1v) is 8.87. The number of nitrogens with zero attached hydrogens (tertiary/aromatic N) is 3. The van der Waals surface area contributed by atoms with E-state index >= 15 is 0 Å². The molecule has 0 amide bonds. The number of para-hydroxylation sites is 1. The van der Waals surface area contributed by atoms with Crippen LogP contribution in [0.2, 0.25) is 0 Å². The van der Waals surface area contributed by atoms with Crippen molar-refractivity contribution in [2.75, 3.05) is 43.9 Å². The van der Waals surface area contributed by atoms with E-state index in [1.165, 1.54) is 15.8 Å². The van der Waals surface area contributed by atoms with Crippen LogP contribution in [0.25, 0.3) is 10.9 Å². The molecule has 0 spiro atoms. The van der Waals surface area contributed by atoms with Crippen LogP contribution in [0.3, 0.4) is 0 Å². The van der Waals surface area contributed by atoms with Gasteiger partial charge in [0.05, 0.1) is 5.52 Å².